The molecule has 1 aromatic heterocycles. The van der Waals surface area contributed by atoms with Crippen molar-refractivity contribution < 1.29 is 4.79 Å². The van der Waals surface area contributed by atoms with E-state index in [9.17, 15) is 4.79 Å². The fraction of sp³-hybridized carbons (Fsp3) is 0.667. The molecule has 4 heteroatoms. The van der Waals surface area contributed by atoms with Gasteiger partial charge in [-0.1, -0.05) is 6.92 Å². The molecule has 1 heterocycles. The Bertz CT molecular complexity index is 349. The van der Waals surface area contributed by atoms with Gasteiger partial charge in [-0.2, -0.15) is 5.10 Å². The largest absolute Gasteiger partial charge is 0.326 e. The van der Waals surface area contributed by atoms with E-state index in [2.05, 4.69) is 12.0 Å². The first-order valence-electron chi connectivity index (χ1n) is 5.77. The molecule has 1 rings (SSSR count). The Balaban J connectivity index is 2.53. The van der Waals surface area contributed by atoms with E-state index in [1.54, 1.807) is 10.9 Å². The lowest BCUT2D eigenvalue weighted by Gasteiger charge is -2.16. The van der Waals surface area contributed by atoms with Crippen molar-refractivity contribution >= 4 is 5.78 Å². The summed E-state index contributed by atoms with van der Waals surface area (Å²) in [5.41, 5.74) is 6.25. The summed E-state index contributed by atoms with van der Waals surface area (Å²) in [5.74, 6) is 0.126. The van der Waals surface area contributed by atoms with Crippen molar-refractivity contribution in [1.29, 1.82) is 0 Å². The Morgan fingerprint density at radius 2 is 2.25 bits per heavy atom. The summed E-state index contributed by atoms with van der Waals surface area (Å²) in [6.45, 7) is 6.80. The van der Waals surface area contributed by atoms with Gasteiger partial charge in [0.25, 0.3) is 0 Å². The molecule has 0 saturated carbocycles. The highest BCUT2D eigenvalue weighted by Gasteiger charge is 2.15. The number of nitrogens with two attached hydrogens (primary N) is 1. The second-order valence-electron chi connectivity index (χ2n) is 4.90. The summed E-state index contributed by atoms with van der Waals surface area (Å²) in [6.07, 6.45) is 5.66. The molecule has 90 valence electrons. The molecule has 16 heavy (non-hydrogen) atoms. The number of aryl methyl sites for hydroxylation is 1. The van der Waals surface area contributed by atoms with Gasteiger partial charge in [-0.25, -0.2) is 0 Å². The van der Waals surface area contributed by atoms with Crippen LogP contribution in [-0.4, -0.2) is 21.1 Å². The normalized spacial score (nSPS) is 11.8. The molecule has 0 atom stereocenters. The fourth-order valence-corrected chi connectivity index (χ4v) is 1.44. The van der Waals surface area contributed by atoms with Gasteiger partial charge in [0, 0.05) is 24.7 Å². The van der Waals surface area contributed by atoms with Crippen LogP contribution in [0.4, 0.5) is 0 Å². The van der Waals surface area contributed by atoms with Crippen LogP contribution in [-0.2, 0) is 6.54 Å². The third kappa shape index (κ3) is 4.14. The molecule has 4 nitrogen and oxygen atoms in total. The van der Waals surface area contributed by atoms with Crippen LogP contribution < -0.4 is 5.73 Å². The van der Waals surface area contributed by atoms with Gasteiger partial charge < -0.3 is 5.73 Å². The van der Waals surface area contributed by atoms with E-state index < -0.39 is 0 Å². The van der Waals surface area contributed by atoms with Crippen LogP contribution in [0, 0.1) is 0 Å². The maximum atomic E-state index is 11.8. The predicted molar refractivity (Wildman–Crippen MR) is 64.3 cm³/mol. The maximum Gasteiger partial charge on any atom is 0.166 e. The second-order valence-corrected chi connectivity index (χ2v) is 4.90. The van der Waals surface area contributed by atoms with E-state index in [4.69, 9.17) is 5.73 Å². The SMILES string of the molecule is CCCn1cc(C(=O)CCC(C)(C)N)cn1. The minimum absolute atomic E-state index is 0.126. The highest BCUT2D eigenvalue weighted by atomic mass is 16.1. The van der Waals surface area contributed by atoms with Gasteiger partial charge in [0.2, 0.25) is 0 Å². The zero-order chi connectivity index (χ0) is 12.2. The van der Waals surface area contributed by atoms with Gasteiger partial charge in [-0.05, 0) is 26.7 Å². The highest BCUT2D eigenvalue weighted by molar-refractivity contribution is 5.95. The van der Waals surface area contributed by atoms with Crippen molar-refractivity contribution in [3.8, 4) is 0 Å². The molecular weight excluding hydrogens is 202 g/mol. The van der Waals surface area contributed by atoms with E-state index in [0.717, 1.165) is 13.0 Å². The van der Waals surface area contributed by atoms with Crippen molar-refractivity contribution in [3.05, 3.63) is 18.0 Å². The number of hydrogen-bond donors (Lipinski definition) is 1. The van der Waals surface area contributed by atoms with Gasteiger partial charge >= 0.3 is 0 Å². The number of ketones is 1. The Morgan fingerprint density at radius 1 is 1.56 bits per heavy atom. The lowest BCUT2D eigenvalue weighted by atomic mass is 9.97. The molecule has 0 radical (unpaired) electrons. The van der Waals surface area contributed by atoms with Crippen LogP contribution in [0.2, 0.25) is 0 Å². The van der Waals surface area contributed by atoms with Crippen LogP contribution in [0.25, 0.3) is 0 Å². The number of rotatable bonds is 6. The number of Topliss-reactive ketones (excluding diaryl/α,β-unsaturated/α-hetero) is 1. The zero-order valence-electron chi connectivity index (χ0n) is 10.4. The van der Waals surface area contributed by atoms with E-state index in [1.165, 1.54) is 0 Å². The van der Waals surface area contributed by atoms with Crippen molar-refractivity contribution in [2.75, 3.05) is 0 Å². The molecule has 0 aliphatic carbocycles. The summed E-state index contributed by atoms with van der Waals surface area (Å²) in [5, 5.41) is 4.14. The molecule has 0 aromatic carbocycles. The standard InChI is InChI=1S/C12H21N3O/c1-4-7-15-9-10(8-14-15)11(16)5-6-12(2,3)13/h8-9H,4-7,13H2,1-3H3. The summed E-state index contributed by atoms with van der Waals surface area (Å²) < 4.78 is 1.81. The van der Waals surface area contributed by atoms with Crippen molar-refractivity contribution in [3.63, 3.8) is 0 Å². The third-order valence-corrected chi connectivity index (χ3v) is 2.40. The van der Waals surface area contributed by atoms with Gasteiger partial charge in [0.15, 0.2) is 5.78 Å². The highest BCUT2D eigenvalue weighted by Crippen LogP contribution is 2.11. The Kier molecular flexibility index (Phi) is 4.24. The monoisotopic (exact) mass is 223 g/mol. The topological polar surface area (TPSA) is 60.9 Å². The molecule has 0 aliphatic heterocycles. The molecule has 0 unspecified atom stereocenters. The Labute approximate surface area is 96.8 Å². The van der Waals surface area contributed by atoms with E-state index >= 15 is 0 Å². The molecule has 0 spiro atoms. The van der Waals surface area contributed by atoms with Crippen molar-refractivity contribution in [2.24, 2.45) is 5.73 Å². The smallest absolute Gasteiger partial charge is 0.166 e. The van der Waals surface area contributed by atoms with Crippen LogP contribution in [0.1, 0.15) is 50.4 Å². The van der Waals surface area contributed by atoms with Crippen molar-refractivity contribution in [2.45, 2.75) is 52.1 Å². The molecule has 0 aliphatic rings. The van der Waals surface area contributed by atoms with Crippen molar-refractivity contribution in [1.82, 2.24) is 9.78 Å². The Hall–Kier alpha value is -1.16. The van der Waals surface area contributed by atoms with E-state index in [0.29, 0.717) is 18.4 Å². The summed E-state index contributed by atoms with van der Waals surface area (Å²) >= 11 is 0. The lowest BCUT2D eigenvalue weighted by molar-refractivity contribution is 0.0972. The molecule has 2 N–H and O–H groups in total. The number of carbonyl (C=O) groups excluding carboxylic acids is 1. The van der Waals surface area contributed by atoms with Gasteiger partial charge in [-0.15, -0.1) is 0 Å². The number of aromatic nitrogens is 2. The van der Waals surface area contributed by atoms with Crippen LogP contribution in [0.5, 0.6) is 0 Å². The average Bonchev–Trinajstić information content (AvgIpc) is 2.62. The molecule has 0 fully saturated rings. The summed E-state index contributed by atoms with van der Waals surface area (Å²) in [4.78, 5) is 11.8. The van der Waals surface area contributed by atoms with Crippen LogP contribution in [0.15, 0.2) is 12.4 Å². The van der Waals surface area contributed by atoms with E-state index in [-0.39, 0.29) is 11.3 Å². The molecule has 0 bridgehead atoms. The summed E-state index contributed by atoms with van der Waals surface area (Å²) in [6, 6.07) is 0. The average molecular weight is 223 g/mol. The maximum absolute atomic E-state index is 11.8. The fourth-order valence-electron chi connectivity index (χ4n) is 1.44. The van der Waals surface area contributed by atoms with Crippen LogP contribution in [0.3, 0.4) is 0 Å². The minimum Gasteiger partial charge on any atom is -0.326 e. The third-order valence-electron chi connectivity index (χ3n) is 2.40. The van der Waals surface area contributed by atoms with Crippen LogP contribution >= 0.6 is 0 Å². The summed E-state index contributed by atoms with van der Waals surface area (Å²) in [7, 11) is 0. The van der Waals surface area contributed by atoms with Gasteiger partial charge in [-0.3, -0.25) is 9.48 Å². The molecule has 0 amide bonds. The lowest BCUT2D eigenvalue weighted by Crippen LogP contribution is -2.32. The predicted octanol–water partition coefficient (Wildman–Crippen LogP) is 1.99. The van der Waals surface area contributed by atoms with Gasteiger partial charge in [0.05, 0.1) is 11.8 Å². The Morgan fingerprint density at radius 3 is 2.81 bits per heavy atom. The number of hydrogen-bond acceptors (Lipinski definition) is 3. The molecular formula is C12H21N3O. The quantitative estimate of drug-likeness (QED) is 0.750. The first-order valence-corrected chi connectivity index (χ1v) is 5.77. The second kappa shape index (κ2) is 5.25. The minimum atomic E-state index is -0.283. The molecule has 1 aromatic rings. The van der Waals surface area contributed by atoms with E-state index in [1.807, 2.05) is 20.0 Å². The van der Waals surface area contributed by atoms with Gasteiger partial charge in [0.1, 0.15) is 0 Å². The first-order chi connectivity index (χ1) is 7.42. The number of carbonyl (C=O) groups is 1. The zero-order valence-corrected chi connectivity index (χ0v) is 10.4. The first kappa shape index (κ1) is 12.9. The number of nitrogens with zero attached hydrogens (tertiary/aromatic N) is 2. The molecule has 0 saturated heterocycles.